The first-order valence-electron chi connectivity index (χ1n) is 7.39. The van der Waals surface area contributed by atoms with E-state index in [0.29, 0.717) is 5.56 Å². The minimum atomic E-state index is -1.62. The van der Waals surface area contributed by atoms with Crippen molar-refractivity contribution in [3.05, 3.63) is 34.3 Å². The monoisotopic (exact) mass is 398 g/mol. The second-order valence-corrected chi connectivity index (χ2v) is 6.99. The van der Waals surface area contributed by atoms with Crippen LogP contribution in [0.1, 0.15) is 24.8 Å². The zero-order chi connectivity index (χ0) is 18.1. The number of ketones is 1. The van der Waals surface area contributed by atoms with E-state index < -0.39 is 41.1 Å². The number of aliphatic hydroxyl groups is 1. The Morgan fingerprint density at radius 3 is 2.21 bits per heavy atom. The third-order valence-electron chi connectivity index (χ3n) is 4.43. The molecular formula is C17H19BrO6. The van der Waals surface area contributed by atoms with Crippen LogP contribution in [0.25, 0.3) is 0 Å². The molecule has 0 bridgehead atoms. The predicted octanol–water partition coefficient (Wildman–Crippen LogP) is 1.83. The lowest BCUT2D eigenvalue weighted by Gasteiger charge is -2.43. The molecule has 0 aliphatic heterocycles. The summed E-state index contributed by atoms with van der Waals surface area (Å²) in [5, 5.41) is 10.7. The molecule has 1 saturated carbocycles. The molecule has 0 saturated heterocycles. The Morgan fingerprint density at radius 1 is 1.17 bits per heavy atom. The van der Waals surface area contributed by atoms with Crippen molar-refractivity contribution in [3.8, 4) is 0 Å². The average Bonchev–Trinajstić information content (AvgIpc) is 2.53. The molecule has 130 valence electrons. The first kappa shape index (κ1) is 18.6. The van der Waals surface area contributed by atoms with E-state index in [1.807, 2.05) is 0 Å². The van der Waals surface area contributed by atoms with E-state index in [2.05, 4.69) is 15.9 Å². The van der Waals surface area contributed by atoms with Crippen molar-refractivity contribution in [1.82, 2.24) is 0 Å². The van der Waals surface area contributed by atoms with E-state index in [0.717, 1.165) is 4.47 Å². The largest absolute Gasteiger partial charge is 0.469 e. The van der Waals surface area contributed by atoms with Crippen LogP contribution in [-0.4, -0.2) is 42.6 Å². The zero-order valence-electron chi connectivity index (χ0n) is 13.6. The number of halogens is 1. The second-order valence-electron chi connectivity index (χ2n) is 6.08. The molecule has 6 nitrogen and oxygen atoms in total. The summed E-state index contributed by atoms with van der Waals surface area (Å²) in [6.07, 6.45) is -0.320. The standard InChI is InChI=1S/C17H19BrO6/c1-17(22)8-11(19)13(15(20)23-2)12(14(17)16(21)24-3)9-4-6-10(18)7-5-9/h4-7,12-14,22H,8H2,1-3H3/t12-,13+,14-,17-/m0/s1. The summed E-state index contributed by atoms with van der Waals surface area (Å²) < 4.78 is 10.4. The fourth-order valence-corrected chi connectivity index (χ4v) is 3.62. The molecule has 0 aromatic heterocycles. The number of Topliss-reactive ketones (excluding diaryl/α,β-unsaturated/α-hetero) is 1. The SMILES string of the molecule is COC(=O)[C@@H]1C(=O)C[C@](C)(O)[C@H](C(=O)OC)[C@H]1c1ccc(Br)cc1. The van der Waals surface area contributed by atoms with E-state index in [-0.39, 0.29) is 6.42 Å². The summed E-state index contributed by atoms with van der Waals surface area (Å²) in [4.78, 5) is 37.0. The van der Waals surface area contributed by atoms with Gasteiger partial charge in [0.15, 0.2) is 5.78 Å². The number of hydrogen-bond acceptors (Lipinski definition) is 6. The molecule has 24 heavy (non-hydrogen) atoms. The molecule has 0 heterocycles. The molecule has 1 fully saturated rings. The Morgan fingerprint density at radius 2 is 1.71 bits per heavy atom. The molecular weight excluding hydrogens is 380 g/mol. The lowest BCUT2D eigenvalue weighted by atomic mass is 9.62. The molecule has 0 amide bonds. The maximum absolute atomic E-state index is 12.5. The number of ether oxygens (including phenoxy) is 2. The maximum atomic E-state index is 12.5. The van der Waals surface area contributed by atoms with Crippen molar-refractivity contribution in [2.24, 2.45) is 11.8 Å². The van der Waals surface area contributed by atoms with Gasteiger partial charge >= 0.3 is 11.9 Å². The van der Waals surface area contributed by atoms with Crippen molar-refractivity contribution in [2.45, 2.75) is 24.9 Å². The molecule has 7 heteroatoms. The lowest BCUT2D eigenvalue weighted by molar-refractivity contribution is -0.170. The zero-order valence-corrected chi connectivity index (χ0v) is 15.2. The molecule has 0 spiro atoms. The summed E-state index contributed by atoms with van der Waals surface area (Å²) in [5.41, 5.74) is -1.04. The number of benzene rings is 1. The van der Waals surface area contributed by atoms with Gasteiger partial charge in [-0.1, -0.05) is 28.1 Å². The fraction of sp³-hybridized carbons (Fsp3) is 0.471. The number of carbonyl (C=O) groups is 3. The molecule has 2 rings (SSSR count). The van der Waals surface area contributed by atoms with Crippen LogP contribution in [0, 0.1) is 11.8 Å². The van der Waals surface area contributed by atoms with Crippen molar-refractivity contribution in [2.75, 3.05) is 14.2 Å². The van der Waals surface area contributed by atoms with E-state index >= 15 is 0 Å². The van der Waals surface area contributed by atoms with Gasteiger partial charge in [0.25, 0.3) is 0 Å². The molecule has 1 aliphatic rings. The van der Waals surface area contributed by atoms with Crippen LogP contribution in [0.4, 0.5) is 0 Å². The van der Waals surface area contributed by atoms with Crippen molar-refractivity contribution >= 4 is 33.7 Å². The van der Waals surface area contributed by atoms with E-state index in [4.69, 9.17) is 9.47 Å². The fourth-order valence-electron chi connectivity index (χ4n) is 3.35. The highest BCUT2D eigenvalue weighted by Crippen LogP contribution is 2.46. The number of rotatable bonds is 3. The van der Waals surface area contributed by atoms with E-state index in [9.17, 15) is 19.5 Å². The predicted molar refractivity (Wildman–Crippen MR) is 88.1 cm³/mol. The maximum Gasteiger partial charge on any atom is 0.316 e. The minimum absolute atomic E-state index is 0.320. The van der Waals surface area contributed by atoms with Gasteiger partial charge in [0, 0.05) is 16.8 Å². The van der Waals surface area contributed by atoms with E-state index in [1.165, 1.54) is 21.1 Å². The van der Waals surface area contributed by atoms with Gasteiger partial charge in [-0.15, -0.1) is 0 Å². The Balaban J connectivity index is 2.63. The van der Waals surface area contributed by atoms with Crippen molar-refractivity contribution in [3.63, 3.8) is 0 Å². The molecule has 1 aromatic carbocycles. The number of esters is 2. The second kappa shape index (κ2) is 7.03. The Labute approximate surface area is 148 Å². The quantitative estimate of drug-likeness (QED) is 0.616. The molecule has 1 aliphatic carbocycles. The van der Waals surface area contributed by atoms with Gasteiger partial charge in [0.2, 0.25) is 0 Å². The first-order chi connectivity index (χ1) is 11.2. The van der Waals surface area contributed by atoms with Crippen LogP contribution >= 0.6 is 15.9 Å². The molecule has 0 radical (unpaired) electrons. The topological polar surface area (TPSA) is 89.9 Å². The Bertz CT molecular complexity index is 652. The minimum Gasteiger partial charge on any atom is -0.469 e. The summed E-state index contributed by atoms with van der Waals surface area (Å²) in [6.45, 7) is 1.41. The third kappa shape index (κ3) is 3.37. The number of methoxy groups -OCH3 is 2. The highest BCUT2D eigenvalue weighted by atomic mass is 79.9. The number of hydrogen-bond donors (Lipinski definition) is 1. The van der Waals surface area contributed by atoms with Gasteiger partial charge in [0.05, 0.1) is 25.7 Å². The molecule has 1 N–H and O–H groups in total. The number of carbonyl (C=O) groups excluding carboxylic acids is 3. The molecule has 1 aromatic rings. The summed E-state index contributed by atoms with van der Waals surface area (Å²) in [5.74, 6) is -4.95. The van der Waals surface area contributed by atoms with Gasteiger partial charge < -0.3 is 14.6 Å². The first-order valence-corrected chi connectivity index (χ1v) is 8.18. The normalized spacial score (nSPS) is 29.9. The van der Waals surface area contributed by atoms with Crippen LogP contribution < -0.4 is 0 Å². The van der Waals surface area contributed by atoms with E-state index in [1.54, 1.807) is 24.3 Å². The molecule has 0 unspecified atom stereocenters. The highest BCUT2D eigenvalue weighted by molar-refractivity contribution is 9.10. The van der Waals surface area contributed by atoms with Gasteiger partial charge in [-0.2, -0.15) is 0 Å². The van der Waals surface area contributed by atoms with Gasteiger partial charge in [-0.25, -0.2) is 0 Å². The average molecular weight is 399 g/mol. The lowest BCUT2D eigenvalue weighted by Crippen LogP contribution is -2.55. The van der Waals surface area contributed by atoms with Gasteiger partial charge in [0.1, 0.15) is 5.92 Å². The van der Waals surface area contributed by atoms with Crippen molar-refractivity contribution < 1.29 is 29.0 Å². The van der Waals surface area contributed by atoms with Crippen LogP contribution in [0.15, 0.2) is 28.7 Å². The summed E-state index contributed by atoms with van der Waals surface area (Å²) in [7, 11) is 2.40. The Kier molecular flexibility index (Phi) is 5.45. The van der Waals surface area contributed by atoms with Gasteiger partial charge in [-0.3, -0.25) is 14.4 Å². The summed E-state index contributed by atoms with van der Waals surface area (Å²) >= 11 is 3.32. The van der Waals surface area contributed by atoms with Crippen LogP contribution in [0.3, 0.4) is 0 Å². The van der Waals surface area contributed by atoms with Crippen LogP contribution in [-0.2, 0) is 23.9 Å². The smallest absolute Gasteiger partial charge is 0.316 e. The third-order valence-corrected chi connectivity index (χ3v) is 4.96. The highest BCUT2D eigenvalue weighted by Gasteiger charge is 2.56. The molecule has 4 atom stereocenters. The summed E-state index contributed by atoms with van der Waals surface area (Å²) in [6, 6.07) is 6.89. The van der Waals surface area contributed by atoms with Gasteiger partial charge in [-0.05, 0) is 24.6 Å². The van der Waals surface area contributed by atoms with Crippen LogP contribution in [0.5, 0.6) is 0 Å². The van der Waals surface area contributed by atoms with Crippen molar-refractivity contribution in [1.29, 1.82) is 0 Å². The Hall–Kier alpha value is -1.73. The van der Waals surface area contributed by atoms with Crippen LogP contribution in [0.2, 0.25) is 0 Å².